The number of amidine groups is 1. The van der Waals surface area contributed by atoms with Gasteiger partial charge in [0.15, 0.2) is 4.90 Å². The summed E-state index contributed by atoms with van der Waals surface area (Å²) in [6.45, 7) is 0. The van der Waals surface area contributed by atoms with E-state index in [9.17, 15) is 21.6 Å². The molecule has 1 aliphatic carbocycles. The van der Waals surface area contributed by atoms with E-state index in [0.29, 0.717) is 31.4 Å². The summed E-state index contributed by atoms with van der Waals surface area (Å²) in [4.78, 5) is -1.22. The van der Waals surface area contributed by atoms with Crippen molar-refractivity contribution >= 4 is 15.9 Å². The number of hydrogen-bond acceptors (Lipinski definition) is 3. The van der Waals surface area contributed by atoms with Crippen LogP contribution in [0, 0.1) is 28.8 Å². The highest BCUT2D eigenvalue weighted by atomic mass is 32.2. The molecule has 1 fully saturated rings. The first kappa shape index (κ1) is 15.8. The number of nitrogens with two attached hydrogens (primary N) is 1. The predicted molar refractivity (Wildman–Crippen MR) is 69.7 cm³/mol. The molecule has 0 bridgehead atoms. The molecular weight excluding hydrogens is 307 g/mol. The van der Waals surface area contributed by atoms with E-state index in [1.807, 2.05) is 0 Å². The van der Waals surface area contributed by atoms with Crippen molar-refractivity contribution in [2.45, 2.75) is 30.2 Å². The molecule has 1 saturated carbocycles. The first-order chi connectivity index (χ1) is 9.72. The van der Waals surface area contributed by atoms with E-state index >= 15 is 0 Å². The van der Waals surface area contributed by atoms with Gasteiger partial charge in [0.05, 0.1) is 5.84 Å². The Labute approximate surface area is 119 Å². The van der Waals surface area contributed by atoms with Crippen LogP contribution in [-0.2, 0) is 10.0 Å². The fraction of sp³-hybridized carbons (Fsp3) is 0.417. The van der Waals surface area contributed by atoms with Crippen LogP contribution in [0.25, 0.3) is 0 Å². The minimum absolute atomic E-state index is 0.180. The van der Waals surface area contributed by atoms with Gasteiger partial charge in [0.1, 0.15) is 17.5 Å². The molecule has 1 aromatic rings. The van der Waals surface area contributed by atoms with Gasteiger partial charge in [-0.1, -0.05) is 6.42 Å². The molecule has 0 radical (unpaired) electrons. The predicted octanol–water partition coefficient (Wildman–Crippen LogP) is 1.49. The van der Waals surface area contributed by atoms with E-state index in [2.05, 4.69) is 4.72 Å². The van der Waals surface area contributed by atoms with E-state index in [1.165, 1.54) is 0 Å². The second-order valence-electron chi connectivity index (χ2n) is 4.92. The molecule has 2 atom stereocenters. The maximum Gasteiger partial charge on any atom is 0.246 e. The largest absolute Gasteiger partial charge is 0.387 e. The Kier molecular flexibility index (Phi) is 4.24. The van der Waals surface area contributed by atoms with Gasteiger partial charge in [-0.3, -0.25) is 5.41 Å². The van der Waals surface area contributed by atoms with Crippen molar-refractivity contribution in [2.24, 2.45) is 11.7 Å². The lowest BCUT2D eigenvalue weighted by Crippen LogP contribution is -2.42. The molecule has 0 aromatic heterocycles. The van der Waals surface area contributed by atoms with Crippen LogP contribution in [0.2, 0.25) is 0 Å². The van der Waals surface area contributed by atoms with Crippen LogP contribution in [-0.4, -0.2) is 20.3 Å². The zero-order valence-corrected chi connectivity index (χ0v) is 11.7. The Morgan fingerprint density at radius 2 is 1.81 bits per heavy atom. The van der Waals surface area contributed by atoms with Crippen molar-refractivity contribution in [1.82, 2.24) is 4.72 Å². The van der Waals surface area contributed by atoms with E-state index < -0.39 is 44.3 Å². The van der Waals surface area contributed by atoms with Gasteiger partial charge in [-0.2, -0.15) is 0 Å². The third-order valence-electron chi connectivity index (χ3n) is 3.45. The zero-order chi connectivity index (χ0) is 15.8. The highest BCUT2D eigenvalue weighted by Gasteiger charge is 2.35. The van der Waals surface area contributed by atoms with Gasteiger partial charge in [-0.05, 0) is 12.8 Å². The molecule has 1 aliphatic rings. The number of sulfonamides is 1. The van der Waals surface area contributed by atoms with Crippen molar-refractivity contribution in [3.05, 3.63) is 29.6 Å². The number of nitrogens with one attached hydrogen (secondary N) is 2. The summed E-state index contributed by atoms with van der Waals surface area (Å²) in [5.74, 6) is -4.90. The van der Waals surface area contributed by atoms with Gasteiger partial charge in [0, 0.05) is 24.1 Å². The number of benzene rings is 1. The van der Waals surface area contributed by atoms with E-state index in [1.54, 1.807) is 0 Å². The van der Waals surface area contributed by atoms with E-state index in [0.717, 1.165) is 0 Å². The first-order valence-corrected chi connectivity index (χ1v) is 7.71. The highest BCUT2D eigenvalue weighted by molar-refractivity contribution is 7.89. The minimum atomic E-state index is -4.51. The maximum atomic E-state index is 13.6. The molecule has 0 spiro atoms. The average Bonchev–Trinajstić information content (AvgIpc) is 2.73. The molecule has 1 aromatic carbocycles. The lowest BCUT2D eigenvalue weighted by atomic mass is 10.0. The second-order valence-corrected chi connectivity index (χ2v) is 6.57. The molecule has 4 N–H and O–H groups in total. The summed E-state index contributed by atoms with van der Waals surface area (Å²) in [6.07, 6.45) is 1.58. The fourth-order valence-electron chi connectivity index (χ4n) is 2.52. The Balaban J connectivity index is 2.33. The Bertz CT molecular complexity index is 655. The third-order valence-corrected chi connectivity index (χ3v) is 4.99. The van der Waals surface area contributed by atoms with Crippen LogP contribution in [0.15, 0.2) is 17.0 Å². The molecule has 21 heavy (non-hydrogen) atoms. The number of halogens is 3. The monoisotopic (exact) mass is 321 g/mol. The Hall–Kier alpha value is -1.61. The summed E-state index contributed by atoms with van der Waals surface area (Å²) >= 11 is 0. The second kappa shape index (κ2) is 5.64. The van der Waals surface area contributed by atoms with Crippen LogP contribution in [0.1, 0.15) is 19.3 Å². The smallest absolute Gasteiger partial charge is 0.246 e. The third kappa shape index (κ3) is 3.18. The highest BCUT2D eigenvalue weighted by Crippen LogP contribution is 2.28. The number of rotatable bonds is 4. The van der Waals surface area contributed by atoms with Crippen LogP contribution >= 0.6 is 0 Å². The molecule has 2 unspecified atom stereocenters. The van der Waals surface area contributed by atoms with Gasteiger partial charge in [0.25, 0.3) is 0 Å². The topological polar surface area (TPSA) is 96.0 Å². The normalized spacial score (nSPS) is 22.4. The molecule has 2 rings (SSSR count). The first-order valence-electron chi connectivity index (χ1n) is 6.23. The minimum Gasteiger partial charge on any atom is -0.387 e. The SMILES string of the molecule is N=C(N)C1CCCC1NS(=O)(=O)c1c(F)cc(F)cc1F. The van der Waals surface area contributed by atoms with Gasteiger partial charge < -0.3 is 5.73 Å². The molecule has 0 heterocycles. The van der Waals surface area contributed by atoms with Crippen molar-refractivity contribution in [3.8, 4) is 0 Å². The summed E-state index contributed by atoms with van der Waals surface area (Å²) in [5, 5.41) is 7.39. The molecule has 0 amide bonds. The van der Waals surface area contributed by atoms with Crippen molar-refractivity contribution < 1.29 is 21.6 Å². The van der Waals surface area contributed by atoms with Crippen LogP contribution in [0.4, 0.5) is 13.2 Å². The van der Waals surface area contributed by atoms with Gasteiger partial charge >= 0.3 is 0 Å². The van der Waals surface area contributed by atoms with Crippen molar-refractivity contribution in [3.63, 3.8) is 0 Å². The van der Waals surface area contributed by atoms with Crippen LogP contribution in [0.3, 0.4) is 0 Å². The lowest BCUT2D eigenvalue weighted by molar-refractivity contribution is 0.482. The molecular formula is C12H14F3N3O2S. The van der Waals surface area contributed by atoms with Crippen molar-refractivity contribution in [1.29, 1.82) is 5.41 Å². The summed E-state index contributed by atoms with van der Waals surface area (Å²) in [6, 6.07) is -0.0971. The van der Waals surface area contributed by atoms with Gasteiger partial charge in [-0.15, -0.1) is 0 Å². The standard InChI is InChI=1S/C12H14F3N3O2S/c13-6-4-8(14)11(9(15)5-6)21(19,20)18-10-3-1-2-7(10)12(16)17/h4-5,7,10,18H,1-3H2,(H3,16,17). The Morgan fingerprint density at radius 3 is 2.33 bits per heavy atom. The quantitative estimate of drug-likeness (QED) is 0.579. The fourth-order valence-corrected chi connectivity index (χ4v) is 3.95. The average molecular weight is 321 g/mol. The summed E-state index contributed by atoms with van der Waals surface area (Å²) < 4.78 is 66.3. The van der Waals surface area contributed by atoms with Gasteiger partial charge in [0.2, 0.25) is 10.0 Å². The molecule has 9 heteroatoms. The maximum absolute atomic E-state index is 13.6. The Morgan fingerprint density at radius 1 is 1.24 bits per heavy atom. The van der Waals surface area contributed by atoms with Gasteiger partial charge in [-0.25, -0.2) is 26.3 Å². The van der Waals surface area contributed by atoms with E-state index in [-0.39, 0.29) is 5.84 Å². The molecule has 5 nitrogen and oxygen atoms in total. The lowest BCUT2D eigenvalue weighted by Gasteiger charge is -2.20. The zero-order valence-electron chi connectivity index (χ0n) is 10.9. The van der Waals surface area contributed by atoms with E-state index in [4.69, 9.17) is 11.1 Å². The number of hydrogen-bond donors (Lipinski definition) is 3. The van der Waals surface area contributed by atoms with Crippen LogP contribution < -0.4 is 10.5 Å². The molecule has 0 aliphatic heterocycles. The van der Waals surface area contributed by atoms with Crippen LogP contribution in [0.5, 0.6) is 0 Å². The molecule has 116 valence electrons. The summed E-state index contributed by atoms with van der Waals surface area (Å²) in [5.41, 5.74) is 5.38. The summed E-state index contributed by atoms with van der Waals surface area (Å²) in [7, 11) is -4.51. The van der Waals surface area contributed by atoms with Crippen molar-refractivity contribution in [2.75, 3.05) is 0 Å². The molecule has 0 saturated heterocycles.